The van der Waals surface area contributed by atoms with Gasteiger partial charge in [0.25, 0.3) is 0 Å². The predicted octanol–water partition coefficient (Wildman–Crippen LogP) is 5.08. The van der Waals surface area contributed by atoms with Crippen molar-refractivity contribution >= 4 is 34.8 Å². The van der Waals surface area contributed by atoms with Gasteiger partial charge in [0.2, 0.25) is 0 Å². The Bertz CT molecular complexity index is 1030. The number of pyridine rings is 1. The number of nitrogens with zero attached hydrogens (tertiary/aromatic N) is 3. The minimum absolute atomic E-state index is 0.0390. The van der Waals surface area contributed by atoms with Gasteiger partial charge in [0.1, 0.15) is 0 Å². The molecule has 0 amide bonds. The number of carbonyl (C=O) groups is 1. The summed E-state index contributed by atoms with van der Waals surface area (Å²) >= 11 is 7.07. The highest BCUT2D eigenvalue weighted by atomic mass is 35.5. The highest BCUT2D eigenvalue weighted by Crippen LogP contribution is 2.36. The number of aromatic nitrogens is 3. The molecule has 1 aromatic carbocycles. The minimum atomic E-state index is -4.54. The fourth-order valence-electron chi connectivity index (χ4n) is 3.17. The van der Waals surface area contributed by atoms with E-state index in [1.165, 1.54) is 4.40 Å². The first-order valence-electron chi connectivity index (χ1n) is 8.25. The average Bonchev–Trinajstić information content (AvgIpc) is 2.96. The molecular formula is C18H13ClF3N3OS. The fourth-order valence-corrected chi connectivity index (χ4v) is 4.53. The van der Waals surface area contributed by atoms with Gasteiger partial charge in [0.05, 0.1) is 15.8 Å². The second-order valence-corrected chi connectivity index (χ2v) is 7.85. The zero-order valence-corrected chi connectivity index (χ0v) is 15.4. The molecule has 2 heterocycles. The fraction of sp³-hybridized carbons (Fsp3) is 0.278. The topological polar surface area (TPSA) is 47.3 Å². The van der Waals surface area contributed by atoms with Crippen molar-refractivity contribution < 1.29 is 18.0 Å². The first kappa shape index (κ1) is 18.3. The molecule has 1 unspecified atom stereocenters. The van der Waals surface area contributed by atoms with Crippen LogP contribution in [0.1, 0.15) is 34.3 Å². The molecule has 0 N–H and O–H groups in total. The van der Waals surface area contributed by atoms with Gasteiger partial charge in [0.15, 0.2) is 16.6 Å². The summed E-state index contributed by atoms with van der Waals surface area (Å²) in [7, 11) is 0. The van der Waals surface area contributed by atoms with E-state index in [1.54, 1.807) is 6.07 Å². The second kappa shape index (κ2) is 6.83. The SMILES string of the molecule is O=C1c2ccccc2CCCC1Sc1nnc2c(Cl)cc(C(F)(F)F)cn12. The van der Waals surface area contributed by atoms with Crippen LogP contribution in [0, 0.1) is 0 Å². The summed E-state index contributed by atoms with van der Waals surface area (Å²) in [5, 5.41) is 7.49. The molecule has 0 fully saturated rings. The zero-order valence-electron chi connectivity index (χ0n) is 13.8. The van der Waals surface area contributed by atoms with Crippen molar-refractivity contribution in [1.29, 1.82) is 0 Å². The normalized spacial score (nSPS) is 17.8. The molecule has 0 bridgehead atoms. The molecule has 4 nitrogen and oxygen atoms in total. The van der Waals surface area contributed by atoms with Crippen molar-refractivity contribution in [3.8, 4) is 0 Å². The van der Waals surface area contributed by atoms with Crippen LogP contribution in [0.4, 0.5) is 13.2 Å². The number of thioether (sulfide) groups is 1. The van der Waals surface area contributed by atoms with E-state index < -0.39 is 17.0 Å². The summed E-state index contributed by atoms with van der Waals surface area (Å²) < 4.78 is 40.5. The molecule has 9 heteroatoms. The van der Waals surface area contributed by atoms with Crippen LogP contribution in [-0.4, -0.2) is 25.6 Å². The van der Waals surface area contributed by atoms with Crippen LogP contribution in [0.5, 0.6) is 0 Å². The number of ketones is 1. The molecule has 3 aromatic rings. The van der Waals surface area contributed by atoms with Crippen LogP contribution in [-0.2, 0) is 12.6 Å². The Kier molecular flexibility index (Phi) is 4.63. The highest BCUT2D eigenvalue weighted by Gasteiger charge is 2.33. The number of aryl methyl sites for hydroxylation is 1. The number of Topliss-reactive ketones (excluding diaryl/α,β-unsaturated/α-hetero) is 1. The number of fused-ring (bicyclic) bond motifs is 2. The van der Waals surface area contributed by atoms with E-state index in [0.717, 1.165) is 42.4 Å². The van der Waals surface area contributed by atoms with E-state index in [-0.39, 0.29) is 21.6 Å². The van der Waals surface area contributed by atoms with Gasteiger partial charge in [-0.1, -0.05) is 47.6 Å². The lowest BCUT2D eigenvalue weighted by atomic mass is 10.0. The van der Waals surface area contributed by atoms with E-state index in [9.17, 15) is 18.0 Å². The summed E-state index contributed by atoms with van der Waals surface area (Å²) in [4.78, 5) is 12.9. The van der Waals surface area contributed by atoms with E-state index in [0.29, 0.717) is 12.0 Å². The Hall–Kier alpha value is -2.06. The Morgan fingerprint density at radius 2 is 2.00 bits per heavy atom. The van der Waals surface area contributed by atoms with Gasteiger partial charge < -0.3 is 0 Å². The van der Waals surface area contributed by atoms with Crippen LogP contribution < -0.4 is 0 Å². The van der Waals surface area contributed by atoms with Crippen molar-refractivity contribution in [3.05, 3.63) is 58.2 Å². The molecule has 1 aliphatic rings. The standard InChI is InChI=1S/C18H13ClF3N3OS/c19-13-8-11(18(20,21)22)9-25-16(13)23-24-17(25)27-14-7-3-5-10-4-1-2-6-12(10)15(14)26/h1-2,4,6,8-9,14H,3,5,7H2. The lowest BCUT2D eigenvalue weighted by molar-refractivity contribution is -0.137. The molecule has 0 aliphatic heterocycles. The maximum absolute atomic E-state index is 13.1. The van der Waals surface area contributed by atoms with E-state index in [2.05, 4.69) is 10.2 Å². The summed E-state index contributed by atoms with van der Waals surface area (Å²) in [6.45, 7) is 0. The van der Waals surface area contributed by atoms with Crippen LogP contribution in [0.2, 0.25) is 5.02 Å². The van der Waals surface area contributed by atoms with Gasteiger partial charge in [-0.25, -0.2) is 0 Å². The Balaban J connectivity index is 1.71. The molecule has 0 spiro atoms. The van der Waals surface area contributed by atoms with Crippen molar-refractivity contribution in [3.63, 3.8) is 0 Å². The molecular weight excluding hydrogens is 399 g/mol. The number of benzene rings is 1. The van der Waals surface area contributed by atoms with Gasteiger partial charge in [0, 0.05) is 11.8 Å². The second-order valence-electron chi connectivity index (χ2n) is 6.27. The van der Waals surface area contributed by atoms with E-state index in [4.69, 9.17) is 11.6 Å². The molecule has 27 heavy (non-hydrogen) atoms. The predicted molar refractivity (Wildman–Crippen MR) is 96.4 cm³/mol. The maximum Gasteiger partial charge on any atom is 0.417 e. The zero-order chi connectivity index (χ0) is 19.2. The van der Waals surface area contributed by atoms with Crippen LogP contribution in [0.15, 0.2) is 41.7 Å². The number of halogens is 4. The molecule has 140 valence electrons. The number of hydrogen-bond acceptors (Lipinski definition) is 4. The molecule has 0 radical (unpaired) electrons. The molecule has 2 aromatic heterocycles. The molecule has 4 rings (SSSR count). The highest BCUT2D eigenvalue weighted by molar-refractivity contribution is 8.00. The largest absolute Gasteiger partial charge is 0.417 e. The quantitative estimate of drug-likeness (QED) is 0.552. The maximum atomic E-state index is 13.1. The lowest BCUT2D eigenvalue weighted by Gasteiger charge is -2.13. The van der Waals surface area contributed by atoms with Gasteiger partial charge in [-0.05, 0) is 30.9 Å². The lowest BCUT2D eigenvalue weighted by Crippen LogP contribution is -2.17. The molecule has 0 saturated carbocycles. The summed E-state index contributed by atoms with van der Waals surface area (Å²) in [5.41, 5.74) is 0.905. The average molecular weight is 412 g/mol. The Morgan fingerprint density at radius 3 is 2.78 bits per heavy atom. The van der Waals surface area contributed by atoms with Crippen LogP contribution in [0.3, 0.4) is 0 Å². The molecule has 0 saturated heterocycles. The van der Waals surface area contributed by atoms with E-state index >= 15 is 0 Å². The molecule has 1 aliphatic carbocycles. The van der Waals surface area contributed by atoms with Crippen molar-refractivity contribution in [2.24, 2.45) is 0 Å². The third kappa shape index (κ3) is 3.43. The number of rotatable bonds is 2. The van der Waals surface area contributed by atoms with Gasteiger partial charge in [-0.3, -0.25) is 9.20 Å². The van der Waals surface area contributed by atoms with Crippen molar-refractivity contribution in [1.82, 2.24) is 14.6 Å². The summed E-state index contributed by atoms with van der Waals surface area (Å²) in [5.74, 6) is -0.0390. The first-order valence-corrected chi connectivity index (χ1v) is 9.50. The smallest absolute Gasteiger partial charge is 0.293 e. The number of hydrogen-bond donors (Lipinski definition) is 0. The molecule has 1 atom stereocenters. The van der Waals surface area contributed by atoms with Crippen molar-refractivity contribution in [2.75, 3.05) is 0 Å². The van der Waals surface area contributed by atoms with Crippen molar-refractivity contribution in [2.45, 2.75) is 35.8 Å². The summed E-state index contributed by atoms with van der Waals surface area (Å²) in [6, 6.07) is 8.25. The summed E-state index contributed by atoms with van der Waals surface area (Å²) in [6.07, 6.45) is -1.41. The third-order valence-electron chi connectivity index (χ3n) is 4.49. The van der Waals surface area contributed by atoms with E-state index in [1.807, 2.05) is 18.2 Å². The third-order valence-corrected chi connectivity index (χ3v) is 5.99. The van der Waals surface area contributed by atoms with Gasteiger partial charge in [-0.2, -0.15) is 13.2 Å². The monoisotopic (exact) mass is 411 g/mol. The first-order chi connectivity index (χ1) is 12.8. The van der Waals surface area contributed by atoms with Gasteiger partial charge >= 0.3 is 6.18 Å². The minimum Gasteiger partial charge on any atom is -0.293 e. The number of carbonyl (C=O) groups excluding carboxylic acids is 1. The van der Waals surface area contributed by atoms with Gasteiger partial charge in [-0.15, -0.1) is 10.2 Å². The number of alkyl halides is 3. The Morgan fingerprint density at radius 1 is 1.22 bits per heavy atom. The van der Waals surface area contributed by atoms with Crippen LogP contribution in [0.25, 0.3) is 5.65 Å². The Labute approximate surface area is 161 Å². The van der Waals surface area contributed by atoms with Crippen LogP contribution >= 0.6 is 23.4 Å².